The predicted molar refractivity (Wildman–Crippen MR) is 152 cm³/mol. The monoisotopic (exact) mass is 586 g/mol. The van der Waals surface area contributed by atoms with Gasteiger partial charge in [0.15, 0.2) is 0 Å². The summed E-state index contributed by atoms with van der Waals surface area (Å²) in [5, 5.41) is 23.6. The molecule has 3 N–H and O–H groups in total. The van der Waals surface area contributed by atoms with Crippen molar-refractivity contribution in [2.75, 3.05) is 26.8 Å². The second kappa shape index (κ2) is 13.9. The average Bonchev–Trinajstić information content (AvgIpc) is 3.68. The normalized spacial score (nSPS) is 18.9. The number of ketones is 1. The van der Waals surface area contributed by atoms with Crippen LogP contribution in [0, 0.1) is 5.92 Å². The van der Waals surface area contributed by atoms with Gasteiger partial charge in [0.25, 0.3) is 0 Å². The fourth-order valence-corrected chi connectivity index (χ4v) is 6.46. The molecule has 3 atom stereocenters. The van der Waals surface area contributed by atoms with Gasteiger partial charge in [-0.15, -0.1) is 11.3 Å². The minimum Gasteiger partial charge on any atom is -0.491 e. The van der Waals surface area contributed by atoms with Crippen molar-refractivity contribution >= 4 is 35.0 Å². The Morgan fingerprint density at radius 2 is 1.93 bits per heavy atom. The predicted octanol–water partition coefficient (Wildman–Crippen LogP) is 3.47. The highest BCUT2D eigenvalue weighted by Gasteiger charge is 2.40. The molecule has 2 unspecified atom stereocenters. The van der Waals surface area contributed by atoms with Gasteiger partial charge in [-0.2, -0.15) is 0 Å². The Bertz CT molecular complexity index is 1250. The minimum atomic E-state index is -1.22. The van der Waals surface area contributed by atoms with E-state index in [1.165, 1.54) is 25.3 Å². The van der Waals surface area contributed by atoms with Gasteiger partial charge in [-0.05, 0) is 50.7 Å². The number of benzene rings is 1. The van der Waals surface area contributed by atoms with Gasteiger partial charge in [-0.25, -0.2) is 9.78 Å². The molecular weight excluding hydrogens is 548 g/mol. The molecule has 1 aromatic heterocycles. The number of nitrogens with zero attached hydrogens (tertiary/aromatic N) is 3. The summed E-state index contributed by atoms with van der Waals surface area (Å²) in [6, 6.07) is 4.70. The first-order chi connectivity index (χ1) is 19.7. The minimum absolute atomic E-state index is 0.0300. The molecule has 222 valence electrons. The Hall–Kier alpha value is -3.51. The van der Waals surface area contributed by atoms with Crippen molar-refractivity contribution in [2.24, 2.45) is 5.92 Å². The van der Waals surface area contributed by atoms with Crippen LogP contribution in [0.25, 0.3) is 0 Å². The number of likely N-dealkylation sites (N-methyl/N-ethyl adjacent to an activating group) is 1. The third-order valence-electron chi connectivity index (χ3n) is 7.98. The first-order valence-electron chi connectivity index (χ1n) is 14.1. The quantitative estimate of drug-likeness (QED) is 0.339. The maximum atomic E-state index is 14.0. The van der Waals surface area contributed by atoms with Gasteiger partial charge in [0.1, 0.15) is 35.1 Å². The number of aliphatic hydroxyl groups is 1. The van der Waals surface area contributed by atoms with E-state index < -0.39 is 24.1 Å². The van der Waals surface area contributed by atoms with E-state index in [0.29, 0.717) is 29.3 Å². The zero-order chi connectivity index (χ0) is 29.5. The van der Waals surface area contributed by atoms with E-state index in [1.807, 2.05) is 0 Å². The first kappa shape index (κ1) is 30.4. The average molecular weight is 587 g/mol. The largest absolute Gasteiger partial charge is 0.491 e. The number of aliphatic hydroxyl groups excluding tert-OH is 1. The summed E-state index contributed by atoms with van der Waals surface area (Å²) >= 11 is 1.33. The lowest BCUT2D eigenvalue weighted by Crippen LogP contribution is -2.56. The van der Waals surface area contributed by atoms with Crippen molar-refractivity contribution in [3.8, 4) is 5.75 Å². The van der Waals surface area contributed by atoms with Crippen LogP contribution in [0.4, 0.5) is 4.79 Å². The van der Waals surface area contributed by atoms with E-state index in [4.69, 9.17) is 9.84 Å². The van der Waals surface area contributed by atoms with Gasteiger partial charge in [0.2, 0.25) is 17.6 Å². The summed E-state index contributed by atoms with van der Waals surface area (Å²) in [5.74, 6) is -0.497. The van der Waals surface area contributed by atoms with E-state index in [1.54, 1.807) is 34.5 Å². The molecule has 1 aliphatic heterocycles. The molecule has 0 spiro atoms. The zero-order valence-electron chi connectivity index (χ0n) is 23.5. The van der Waals surface area contributed by atoms with Gasteiger partial charge in [-0.3, -0.25) is 19.3 Å². The second-order valence-corrected chi connectivity index (χ2v) is 11.5. The molecule has 0 bridgehead atoms. The molecule has 2 aromatic rings. The van der Waals surface area contributed by atoms with E-state index in [0.717, 1.165) is 43.4 Å². The van der Waals surface area contributed by atoms with Crippen LogP contribution in [0.1, 0.15) is 79.0 Å². The fourth-order valence-electron chi connectivity index (χ4n) is 5.51. The number of hydrogen-bond acceptors (Lipinski definition) is 8. The number of rotatable bonds is 11. The molecule has 2 fully saturated rings. The number of amides is 3. The molecule has 11 nitrogen and oxygen atoms in total. The van der Waals surface area contributed by atoms with Gasteiger partial charge in [0.05, 0.1) is 12.6 Å². The van der Waals surface area contributed by atoms with Crippen LogP contribution < -0.4 is 10.1 Å². The van der Waals surface area contributed by atoms with Crippen LogP contribution >= 0.6 is 11.3 Å². The number of carbonyl (C=O) groups is 4. The van der Waals surface area contributed by atoms with Crippen molar-refractivity contribution in [2.45, 2.75) is 70.0 Å². The smallest absolute Gasteiger partial charge is 0.407 e. The Morgan fingerprint density at radius 1 is 1.17 bits per heavy atom. The number of aromatic nitrogens is 1. The number of ether oxygens (including phenoxy) is 1. The highest BCUT2D eigenvalue weighted by Crippen LogP contribution is 2.36. The van der Waals surface area contributed by atoms with Crippen LogP contribution in [0.3, 0.4) is 0 Å². The third kappa shape index (κ3) is 7.23. The first-order valence-corrected chi connectivity index (χ1v) is 15.0. The number of likely N-dealkylation sites (tertiary alicyclic amines) is 1. The molecule has 4 rings (SSSR count). The highest BCUT2D eigenvalue weighted by atomic mass is 32.1. The molecule has 3 amide bonds. The fraction of sp³-hybridized carbons (Fsp3) is 0.552. The Balaban J connectivity index is 1.52. The van der Waals surface area contributed by atoms with Gasteiger partial charge >= 0.3 is 6.09 Å². The number of carboxylic acid groups (broad SMARTS) is 1. The van der Waals surface area contributed by atoms with Crippen LogP contribution in [-0.4, -0.2) is 87.6 Å². The van der Waals surface area contributed by atoms with Crippen LogP contribution in [0.2, 0.25) is 0 Å². The lowest BCUT2D eigenvalue weighted by Gasteiger charge is -2.35. The standard InChI is InChI=1S/C29H38N4O7S/c1-18(32(2)29(38)39)26(36)31-24(19-8-4-3-5-9-19)28(37)33-13-7-12-23(33)27-30-22(17-41-27)25(35)20-10-6-11-21(16-20)40-15-14-34/h6,10-11,16-19,23-24,34H,3-5,7-9,12-15H2,1-2H3,(H,31,36)(H,38,39)/t18?,23?,24-/m0/s1. The van der Waals surface area contributed by atoms with E-state index in [-0.39, 0.29) is 42.6 Å². The number of nitrogens with one attached hydrogen (secondary N) is 1. The summed E-state index contributed by atoms with van der Waals surface area (Å²) in [5.41, 5.74) is 0.698. The summed E-state index contributed by atoms with van der Waals surface area (Å²) in [6.07, 6.45) is 4.91. The lowest BCUT2D eigenvalue weighted by atomic mass is 9.83. The van der Waals surface area contributed by atoms with Crippen LogP contribution in [0.15, 0.2) is 29.6 Å². The molecule has 1 saturated heterocycles. The highest BCUT2D eigenvalue weighted by molar-refractivity contribution is 7.10. The number of carbonyl (C=O) groups excluding carboxylic acids is 3. The third-order valence-corrected chi connectivity index (χ3v) is 8.92. The van der Waals surface area contributed by atoms with Crippen molar-refractivity contribution in [1.82, 2.24) is 20.1 Å². The Labute approximate surface area is 243 Å². The molecule has 0 radical (unpaired) electrons. The molecular formula is C29H38N4O7S. The maximum absolute atomic E-state index is 14.0. The van der Waals surface area contributed by atoms with Crippen molar-refractivity contribution in [3.63, 3.8) is 0 Å². The summed E-state index contributed by atoms with van der Waals surface area (Å²) in [4.78, 5) is 59.0. The SMILES string of the molecule is CC(C(=O)N[C@H](C(=O)N1CCCC1c1nc(C(=O)c2cccc(OCCO)c2)cs1)C1CCCCC1)N(C)C(=O)O. The summed E-state index contributed by atoms with van der Waals surface area (Å²) < 4.78 is 5.42. The Kier molecular flexibility index (Phi) is 10.3. The molecule has 2 aliphatic rings. The molecule has 12 heteroatoms. The topological polar surface area (TPSA) is 149 Å². The number of thiazole rings is 1. The van der Waals surface area contributed by atoms with E-state index >= 15 is 0 Å². The second-order valence-electron chi connectivity index (χ2n) is 10.6. The molecule has 1 aromatic carbocycles. The van der Waals surface area contributed by atoms with E-state index in [2.05, 4.69) is 10.3 Å². The maximum Gasteiger partial charge on any atom is 0.407 e. The molecule has 1 aliphatic carbocycles. The lowest BCUT2D eigenvalue weighted by molar-refractivity contribution is -0.140. The van der Waals surface area contributed by atoms with Crippen molar-refractivity contribution < 1.29 is 34.1 Å². The van der Waals surface area contributed by atoms with Crippen LogP contribution in [-0.2, 0) is 9.59 Å². The van der Waals surface area contributed by atoms with Crippen molar-refractivity contribution in [1.29, 1.82) is 0 Å². The summed E-state index contributed by atoms with van der Waals surface area (Å²) in [6.45, 7) is 2.02. The molecule has 41 heavy (non-hydrogen) atoms. The van der Waals surface area contributed by atoms with Gasteiger partial charge < -0.3 is 25.2 Å². The van der Waals surface area contributed by atoms with Crippen molar-refractivity contribution in [3.05, 3.63) is 45.9 Å². The van der Waals surface area contributed by atoms with Gasteiger partial charge in [-0.1, -0.05) is 31.4 Å². The number of hydrogen-bond donors (Lipinski definition) is 3. The van der Waals surface area contributed by atoms with E-state index in [9.17, 15) is 24.3 Å². The van der Waals surface area contributed by atoms with Gasteiger partial charge in [0, 0.05) is 24.5 Å². The Morgan fingerprint density at radius 3 is 2.63 bits per heavy atom. The van der Waals surface area contributed by atoms with Crippen LogP contribution in [0.5, 0.6) is 5.75 Å². The molecule has 2 heterocycles. The summed E-state index contributed by atoms with van der Waals surface area (Å²) in [7, 11) is 1.33. The zero-order valence-corrected chi connectivity index (χ0v) is 24.3. The molecule has 1 saturated carbocycles.